The summed E-state index contributed by atoms with van der Waals surface area (Å²) in [7, 11) is -4.00. The Balaban J connectivity index is 1.48. The molecule has 0 fully saturated rings. The third-order valence-corrected chi connectivity index (χ3v) is 9.45. The van der Waals surface area contributed by atoms with Gasteiger partial charge in [0.15, 0.2) is 0 Å². The van der Waals surface area contributed by atoms with Crippen LogP contribution in [0.4, 0.5) is 0 Å². The van der Waals surface area contributed by atoms with Gasteiger partial charge in [-0.05, 0) is 35.1 Å². The van der Waals surface area contributed by atoms with Gasteiger partial charge in [-0.3, -0.25) is 9.59 Å². The average molecular weight is 567 g/mol. The maximum Gasteiger partial charge on any atom is 0.334 e. The number of benzene rings is 4. The minimum Gasteiger partial charge on any atom is -0.411 e. The highest BCUT2D eigenvalue weighted by Crippen LogP contribution is 2.26. The van der Waals surface area contributed by atoms with E-state index in [1.54, 1.807) is 0 Å². The highest BCUT2D eigenvalue weighted by atomic mass is 28.4. The molecule has 4 aromatic carbocycles. The summed E-state index contributed by atoms with van der Waals surface area (Å²) in [6.45, 7) is 0.712. The standard InChI is InChI=1S/C34H38N2O4Si/c37-33(35-23-29-17-9-3-10-18-29)31(21-27-13-5-1-6-14-27)25-41(39,40)26-32(22-28-15-7-2-8-16-28)34(38)36-24-30-19-11-4-12-20-30/h1-20,31-32,39-40H,21-26H2,(H,35,37)(H,36,38)/t31-,32?/m1/s1. The molecule has 4 rings (SSSR count). The molecule has 0 bridgehead atoms. The lowest BCUT2D eigenvalue weighted by Gasteiger charge is -2.27. The molecule has 0 aliphatic carbocycles. The second-order valence-corrected chi connectivity index (χ2v) is 13.4. The van der Waals surface area contributed by atoms with E-state index in [2.05, 4.69) is 10.6 Å². The molecular formula is C34H38N2O4Si. The molecule has 0 radical (unpaired) electrons. The van der Waals surface area contributed by atoms with Gasteiger partial charge in [-0.1, -0.05) is 121 Å². The molecule has 41 heavy (non-hydrogen) atoms. The van der Waals surface area contributed by atoms with Crippen molar-refractivity contribution in [3.8, 4) is 0 Å². The minimum atomic E-state index is -4.00. The fraction of sp³-hybridized carbons (Fsp3) is 0.235. The minimum absolute atomic E-state index is 0.0697. The lowest BCUT2D eigenvalue weighted by Crippen LogP contribution is -2.46. The van der Waals surface area contributed by atoms with E-state index in [-0.39, 0.29) is 23.9 Å². The predicted octanol–water partition coefficient (Wildman–Crippen LogP) is 4.76. The van der Waals surface area contributed by atoms with Crippen LogP contribution in [0.15, 0.2) is 121 Å². The SMILES string of the molecule is O=C(NCc1ccccc1)C(Cc1ccccc1)C[Si](O)(O)C[C@@H](Cc1ccccc1)C(=O)NCc1ccccc1. The van der Waals surface area contributed by atoms with Gasteiger partial charge in [0.2, 0.25) is 11.8 Å². The Morgan fingerprint density at radius 2 is 0.805 bits per heavy atom. The van der Waals surface area contributed by atoms with E-state index in [0.29, 0.717) is 25.9 Å². The summed E-state index contributed by atoms with van der Waals surface area (Å²) in [5.74, 6) is -1.75. The lowest BCUT2D eigenvalue weighted by atomic mass is 9.99. The van der Waals surface area contributed by atoms with Gasteiger partial charge in [-0.25, -0.2) is 0 Å². The van der Waals surface area contributed by atoms with Crippen LogP contribution in [0.25, 0.3) is 0 Å². The van der Waals surface area contributed by atoms with Crippen LogP contribution in [0, 0.1) is 11.8 Å². The van der Waals surface area contributed by atoms with Crippen LogP contribution in [0.1, 0.15) is 22.3 Å². The van der Waals surface area contributed by atoms with E-state index < -0.39 is 20.4 Å². The molecule has 2 atom stereocenters. The smallest absolute Gasteiger partial charge is 0.334 e. The van der Waals surface area contributed by atoms with Crippen LogP contribution in [0.2, 0.25) is 12.1 Å². The Hall–Kier alpha value is -4.04. The molecule has 0 saturated heterocycles. The van der Waals surface area contributed by atoms with Crippen molar-refractivity contribution in [2.45, 2.75) is 38.0 Å². The second kappa shape index (κ2) is 15.1. The van der Waals surface area contributed by atoms with E-state index in [9.17, 15) is 19.2 Å². The zero-order valence-corrected chi connectivity index (χ0v) is 24.2. The Morgan fingerprint density at radius 3 is 1.12 bits per heavy atom. The third kappa shape index (κ3) is 10.1. The first-order valence-electron chi connectivity index (χ1n) is 14.0. The molecule has 4 N–H and O–H groups in total. The second-order valence-electron chi connectivity index (χ2n) is 10.6. The van der Waals surface area contributed by atoms with Gasteiger partial charge in [0, 0.05) is 37.0 Å². The number of hydrogen-bond donors (Lipinski definition) is 4. The number of amides is 2. The van der Waals surface area contributed by atoms with Crippen molar-refractivity contribution in [2.24, 2.45) is 11.8 Å². The van der Waals surface area contributed by atoms with Gasteiger partial charge >= 0.3 is 8.56 Å². The molecule has 7 heteroatoms. The average Bonchev–Trinajstić information content (AvgIpc) is 3.00. The van der Waals surface area contributed by atoms with Gasteiger partial charge in [-0.15, -0.1) is 0 Å². The summed E-state index contributed by atoms with van der Waals surface area (Å²) >= 11 is 0. The van der Waals surface area contributed by atoms with Gasteiger partial charge in [0.05, 0.1) is 0 Å². The maximum absolute atomic E-state index is 13.4. The molecule has 0 heterocycles. The van der Waals surface area contributed by atoms with E-state index in [0.717, 1.165) is 22.3 Å². The molecule has 6 nitrogen and oxygen atoms in total. The predicted molar refractivity (Wildman–Crippen MR) is 164 cm³/mol. The molecule has 1 unspecified atom stereocenters. The van der Waals surface area contributed by atoms with Crippen LogP contribution in [-0.4, -0.2) is 30.0 Å². The van der Waals surface area contributed by atoms with Crippen LogP contribution in [0.5, 0.6) is 0 Å². The number of carbonyl (C=O) groups is 2. The third-order valence-electron chi connectivity index (χ3n) is 7.16. The first kappa shape index (κ1) is 29.9. The van der Waals surface area contributed by atoms with Crippen molar-refractivity contribution in [2.75, 3.05) is 0 Å². The van der Waals surface area contributed by atoms with Crippen molar-refractivity contribution in [3.63, 3.8) is 0 Å². The van der Waals surface area contributed by atoms with Crippen molar-refractivity contribution >= 4 is 20.4 Å². The first-order chi connectivity index (χ1) is 19.9. The Bertz CT molecular complexity index is 1250. The zero-order chi connectivity index (χ0) is 28.9. The van der Waals surface area contributed by atoms with Crippen LogP contribution in [0.3, 0.4) is 0 Å². The molecule has 0 aliphatic heterocycles. The molecule has 2 amide bonds. The molecule has 212 valence electrons. The Labute approximate surface area is 243 Å². The van der Waals surface area contributed by atoms with E-state index in [1.807, 2.05) is 121 Å². The lowest BCUT2D eigenvalue weighted by molar-refractivity contribution is -0.125. The number of nitrogens with one attached hydrogen (secondary N) is 2. The van der Waals surface area contributed by atoms with Crippen molar-refractivity contribution in [3.05, 3.63) is 144 Å². The summed E-state index contributed by atoms with van der Waals surface area (Å²) in [6.07, 6.45) is 0.752. The monoisotopic (exact) mass is 566 g/mol. The molecule has 0 spiro atoms. The van der Waals surface area contributed by atoms with Crippen molar-refractivity contribution < 1.29 is 19.2 Å². The molecule has 4 aromatic rings. The van der Waals surface area contributed by atoms with Crippen molar-refractivity contribution in [1.82, 2.24) is 10.6 Å². The fourth-order valence-electron chi connectivity index (χ4n) is 5.04. The number of hydrogen-bond acceptors (Lipinski definition) is 4. The Morgan fingerprint density at radius 1 is 0.512 bits per heavy atom. The van der Waals surface area contributed by atoms with E-state index in [4.69, 9.17) is 0 Å². The quantitative estimate of drug-likeness (QED) is 0.165. The number of rotatable bonds is 14. The summed E-state index contributed by atoms with van der Waals surface area (Å²) in [4.78, 5) is 49.6. The van der Waals surface area contributed by atoms with Crippen molar-refractivity contribution in [1.29, 1.82) is 0 Å². The van der Waals surface area contributed by atoms with Gasteiger partial charge in [0.25, 0.3) is 0 Å². The van der Waals surface area contributed by atoms with Crippen LogP contribution in [-0.2, 0) is 35.5 Å². The normalized spacial score (nSPS) is 12.7. The van der Waals surface area contributed by atoms with Gasteiger partial charge < -0.3 is 20.2 Å². The van der Waals surface area contributed by atoms with Gasteiger partial charge in [0.1, 0.15) is 0 Å². The molecule has 0 aliphatic rings. The largest absolute Gasteiger partial charge is 0.411 e. The summed E-state index contributed by atoms with van der Waals surface area (Å²) in [6, 6.07) is 38.3. The van der Waals surface area contributed by atoms with Gasteiger partial charge in [-0.2, -0.15) is 0 Å². The topological polar surface area (TPSA) is 98.7 Å². The molecule has 0 aromatic heterocycles. The maximum atomic E-state index is 13.4. The first-order valence-corrected chi connectivity index (χ1v) is 16.3. The molecule has 0 saturated carbocycles. The number of carbonyl (C=O) groups excluding carboxylic acids is 2. The Kier molecular flexibility index (Phi) is 11.0. The van der Waals surface area contributed by atoms with E-state index in [1.165, 1.54) is 0 Å². The summed E-state index contributed by atoms with van der Waals surface area (Å²) in [5, 5.41) is 5.96. The fourth-order valence-corrected chi connectivity index (χ4v) is 7.45. The van der Waals surface area contributed by atoms with Crippen LogP contribution >= 0.6 is 0 Å². The van der Waals surface area contributed by atoms with Crippen LogP contribution < -0.4 is 10.6 Å². The summed E-state index contributed by atoms with van der Waals surface area (Å²) < 4.78 is 0. The highest BCUT2D eigenvalue weighted by molar-refractivity contribution is 6.65. The summed E-state index contributed by atoms with van der Waals surface area (Å²) in [5.41, 5.74) is 3.82. The van der Waals surface area contributed by atoms with E-state index >= 15 is 0 Å². The zero-order valence-electron chi connectivity index (χ0n) is 23.2. The highest BCUT2D eigenvalue weighted by Gasteiger charge is 2.40. The molecular weight excluding hydrogens is 528 g/mol.